The first-order valence-corrected chi connectivity index (χ1v) is 7.00. The zero-order valence-electron chi connectivity index (χ0n) is 11.3. The minimum absolute atomic E-state index is 0.108. The van der Waals surface area contributed by atoms with Gasteiger partial charge in [0, 0.05) is 17.6 Å². The fraction of sp³-hybridized carbons (Fsp3) is 0.214. The first-order valence-electron chi connectivity index (χ1n) is 6.12. The third kappa shape index (κ3) is 4.36. The molecule has 114 valence electrons. The van der Waals surface area contributed by atoms with Gasteiger partial charge in [0.2, 0.25) is 0 Å². The molecule has 1 atom stereocenters. The lowest BCUT2D eigenvalue weighted by atomic mass is 10.1. The molecule has 0 saturated heterocycles. The Morgan fingerprint density at radius 2 is 1.82 bits per heavy atom. The van der Waals surface area contributed by atoms with Crippen LogP contribution in [-0.2, 0) is 0 Å². The van der Waals surface area contributed by atoms with Crippen LogP contribution in [-0.4, -0.2) is 16.3 Å². The summed E-state index contributed by atoms with van der Waals surface area (Å²) in [6.07, 6.45) is -1.80. The summed E-state index contributed by atoms with van der Waals surface area (Å²) < 4.78 is 40.1. The maximum atomic E-state index is 12.1. The number of halogens is 3. The molecular formula is C14H10F3N3OS. The van der Waals surface area contributed by atoms with Crippen LogP contribution in [0.25, 0.3) is 0 Å². The number of thioether (sulfide) groups is 1. The van der Waals surface area contributed by atoms with Gasteiger partial charge in [-0.1, -0.05) is 23.9 Å². The van der Waals surface area contributed by atoms with Gasteiger partial charge in [0.15, 0.2) is 5.69 Å². The minimum Gasteiger partial charge on any atom is -0.406 e. The number of nitrogens with zero attached hydrogens (tertiary/aromatic N) is 3. The molecule has 0 spiro atoms. The highest BCUT2D eigenvalue weighted by atomic mass is 32.2. The first-order chi connectivity index (χ1) is 10.4. The van der Waals surface area contributed by atoms with Gasteiger partial charge >= 0.3 is 6.36 Å². The predicted molar refractivity (Wildman–Crippen MR) is 74.1 cm³/mol. The van der Waals surface area contributed by atoms with Crippen molar-refractivity contribution in [2.45, 2.75) is 23.6 Å². The Hall–Kier alpha value is -2.27. The number of hydrogen-bond acceptors (Lipinski definition) is 5. The SMILES string of the molecule is CC(Sc1nccnc1C#N)c1ccc(OC(F)(F)F)cc1. The van der Waals surface area contributed by atoms with Gasteiger partial charge in [-0.15, -0.1) is 13.2 Å². The molecule has 0 radical (unpaired) electrons. The van der Waals surface area contributed by atoms with Gasteiger partial charge in [-0.25, -0.2) is 9.97 Å². The third-order valence-corrected chi connectivity index (χ3v) is 3.79. The van der Waals surface area contributed by atoms with Gasteiger partial charge in [-0.3, -0.25) is 0 Å². The molecular weight excluding hydrogens is 315 g/mol. The Morgan fingerprint density at radius 3 is 2.41 bits per heavy atom. The van der Waals surface area contributed by atoms with E-state index in [1.807, 2.05) is 13.0 Å². The van der Waals surface area contributed by atoms with Crippen LogP contribution in [0.1, 0.15) is 23.4 Å². The lowest BCUT2D eigenvalue weighted by Crippen LogP contribution is -2.17. The molecule has 1 unspecified atom stereocenters. The number of hydrogen-bond donors (Lipinski definition) is 0. The van der Waals surface area contributed by atoms with E-state index in [4.69, 9.17) is 5.26 Å². The second kappa shape index (κ2) is 6.66. The molecule has 0 bridgehead atoms. The van der Waals surface area contributed by atoms with Crippen LogP contribution in [0.4, 0.5) is 13.2 Å². The molecule has 2 rings (SSSR count). The van der Waals surface area contributed by atoms with Gasteiger partial charge < -0.3 is 4.74 Å². The van der Waals surface area contributed by atoms with Crippen LogP contribution >= 0.6 is 11.8 Å². The second-order valence-corrected chi connectivity index (χ2v) is 5.53. The van der Waals surface area contributed by atoms with E-state index in [0.29, 0.717) is 5.03 Å². The van der Waals surface area contributed by atoms with E-state index in [9.17, 15) is 13.2 Å². The van der Waals surface area contributed by atoms with Crippen molar-refractivity contribution in [3.63, 3.8) is 0 Å². The maximum Gasteiger partial charge on any atom is 0.573 e. The molecule has 1 heterocycles. The maximum absolute atomic E-state index is 12.1. The van der Waals surface area contributed by atoms with E-state index in [1.54, 1.807) is 12.1 Å². The summed E-state index contributed by atoms with van der Waals surface area (Å²) >= 11 is 1.31. The minimum atomic E-state index is -4.71. The number of rotatable bonds is 4. The summed E-state index contributed by atoms with van der Waals surface area (Å²) in [6, 6.07) is 7.54. The highest BCUT2D eigenvalue weighted by molar-refractivity contribution is 7.99. The Kier molecular flexibility index (Phi) is 4.88. The summed E-state index contributed by atoms with van der Waals surface area (Å²) in [5.74, 6) is -0.273. The van der Waals surface area contributed by atoms with Gasteiger partial charge in [0.1, 0.15) is 16.8 Å². The van der Waals surface area contributed by atoms with Crippen LogP contribution in [0.15, 0.2) is 41.7 Å². The van der Waals surface area contributed by atoms with Crippen LogP contribution in [0.5, 0.6) is 5.75 Å². The fourth-order valence-corrected chi connectivity index (χ4v) is 2.62. The van der Waals surface area contributed by atoms with Crippen molar-refractivity contribution < 1.29 is 17.9 Å². The molecule has 22 heavy (non-hydrogen) atoms. The van der Waals surface area contributed by atoms with Gasteiger partial charge in [-0.2, -0.15) is 5.26 Å². The summed E-state index contributed by atoms with van der Waals surface area (Å²) in [5, 5.41) is 9.33. The zero-order chi connectivity index (χ0) is 16.2. The van der Waals surface area contributed by atoms with Crippen molar-refractivity contribution in [2.24, 2.45) is 0 Å². The van der Waals surface area contributed by atoms with E-state index < -0.39 is 6.36 Å². The fourth-order valence-electron chi connectivity index (χ4n) is 1.66. The van der Waals surface area contributed by atoms with Crippen molar-refractivity contribution in [1.82, 2.24) is 9.97 Å². The van der Waals surface area contributed by atoms with E-state index in [1.165, 1.54) is 36.3 Å². The second-order valence-electron chi connectivity index (χ2n) is 4.20. The molecule has 0 aliphatic rings. The normalized spacial score (nSPS) is 12.5. The number of nitriles is 1. The molecule has 8 heteroatoms. The lowest BCUT2D eigenvalue weighted by Gasteiger charge is -2.13. The molecule has 0 N–H and O–H groups in total. The molecule has 0 amide bonds. The molecule has 1 aromatic carbocycles. The van der Waals surface area contributed by atoms with Crippen LogP contribution in [0.3, 0.4) is 0 Å². The van der Waals surface area contributed by atoms with E-state index >= 15 is 0 Å². The molecule has 2 aromatic rings. The molecule has 0 aliphatic carbocycles. The number of benzene rings is 1. The number of ether oxygens (including phenoxy) is 1. The van der Waals surface area contributed by atoms with Crippen molar-refractivity contribution in [3.05, 3.63) is 47.9 Å². The van der Waals surface area contributed by atoms with Crippen LogP contribution < -0.4 is 4.74 Å². The molecule has 0 aliphatic heterocycles. The standard InChI is InChI=1S/C14H10F3N3OS/c1-9(22-13-12(8-18)19-6-7-20-13)10-2-4-11(5-3-10)21-14(15,16)17/h2-7,9H,1H3. The average molecular weight is 325 g/mol. The Morgan fingerprint density at radius 1 is 1.18 bits per heavy atom. The van der Waals surface area contributed by atoms with E-state index in [0.717, 1.165) is 5.56 Å². The monoisotopic (exact) mass is 325 g/mol. The summed E-state index contributed by atoms with van der Waals surface area (Å²) in [7, 11) is 0. The highest BCUT2D eigenvalue weighted by Gasteiger charge is 2.31. The zero-order valence-corrected chi connectivity index (χ0v) is 12.1. The van der Waals surface area contributed by atoms with E-state index in [2.05, 4.69) is 14.7 Å². The van der Waals surface area contributed by atoms with Gasteiger partial charge in [0.25, 0.3) is 0 Å². The Labute approximate surface area is 129 Å². The molecule has 1 aromatic heterocycles. The third-order valence-electron chi connectivity index (χ3n) is 2.64. The smallest absolute Gasteiger partial charge is 0.406 e. The van der Waals surface area contributed by atoms with Crippen molar-refractivity contribution in [2.75, 3.05) is 0 Å². The quantitative estimate of drug-likeness (QED) is 0.792. The Bertz CT molecular complexity index is 683. The van der Waals surface area contributed by atoms with Crippen LogP contribution in [0.2, 0.25) is 0 Å². The molecule has 4 nitrogen and oxygen atoms in total. The number of aromatic nitrogens is 2. The van der Waals surface area contributed by atoms with E-state index in [-0.39, 0.29) is 16.7 Å². The number of alkyl halides is 3. The van der Waals surface area contributed by atoms with Crippen molar-refractivity contribution in [3.8, 4) is 11.8 Å². The topological polar surface area (TPSA) is 58.8 Å². The summed E-state index contributed by atoms with van der Waals surface area (Å²) in [6.45, 7) is 1.86. The lowest BCUT2D eigenvalue weighted by molar-refractivity contribution is -0.274. The summed E-state index contributed by atoms with van der Waals surface area (Å²) in [4.78, 5) is 7.99. The predicted octanol–water partition coefficient (Wildman–Crippen LogP) is 4.10. The van der Waals surface area contributed by atoms with Gasteiger partial charge in [0.05, 0.1) is 0 Å². The first kappa shape index (κ1) is 16.1. The molecule has 0 fully saturated rings. The van der Waals surface area contributed by atoms with Gasteiger partial charge in [-0.05, 0) is 24.6 Å². The summed E-state index contributed by atoms with van der Waals surface area (Å²) in [5.41, 5.74) is 1.01. The van der Waals surface area contributed by atoms with Crippen molar-refractivity contribution >= 4 is 11.8 Å². The Balaban J connectivity index is 2.10. The van der Waals surface area contributed by atoms with Crippen molar-refractivity contribution in [1.29, 1.82) is 5.26 Å². The highest BCUT2D eigenvalue weighted by Crippen LogP contribution is 2.35. The largest absolute Gasteiger partial charge is 0.573 e. The molecule has 0 saturated carbocycles. The van der Waals surface area contributed by atoms with Crippen LogP contribution in [0, 0.1) is 11.3 Å². The average Bonchev–Trinajstić information content (AvgIpc) is 2.47.